The molecule has 2 saturated heterocycles. The second-order valence-corrected chi connectivity index (χ2v) is 20.1. The Hall–Kier alpha value is -2.83. The van der Waals surface area contributed by atoms with Gasteiger partial charge >= 0.3 is 5.97 Å². The van der Waals surface area contributed by atoms with Crippen LogP contribution in [0.15, 0.2) is 85.1 Å². The molecule has 0 aliphatic carbocycles. The Morgan fingerprint density at radius 1 is 0.440 bits per heavy atom. The minimum atomic E-state index is -1.71. The number of hydrogen-bond donors (Lipinski definition) is 7. The Kier molecular flexibility index (Phi) is 43.0. The third kappa shape index (κ3) is 33.9. The van der Waals surface area contributed by atoms with Gasteiger partial charge in [-0.3, -0.25) is 4.79 Å². The predicted molar refractivity (Wildman–Crippen MR) is 298 cm³/mol. The van der Waals surface area contributed by atoms with E-state index in [1.807, 2.05) is 0 Å². The first-order valence-electron chi connectivity index (χ1n) is 29.2. The van der Waals surface area contributed by atoms with Crippen LogP contribution in [0.2, 0.25) is 0 Å². The number of carbonyl (C=O) groups is 1. The van der Waals surface area contributed by atoms with Crippen molar-refractivity contribution in [2.24, 2.45) is 0 Å². The number of ether oxygens (including phenoxy) is 6. The SMILES string of the molecule is CC/C=C\C/C=C\C/C=C\C/C=C\CCCCCCCCCCCCCOCC(COC1OC(COC2OC(CO)C(O)C(O)C2O)C(O)C(O)C1O)OC(=O)CCCCCCCCC/C=C\C/C=C\C/C=C\CC. The number of rotatable bonds is 46. The highest BCUT2D eigenvalue weighted by Crippen LogP contribution is 2.26. The van der Waals surface area contributed by atoms with Gasteiger partial charge in [-0.15, -0.1) is 0 Å². The first-order chi connectivity index (χ1) is 36.6. The van der Waals surface area contributed by atoms with Gasteiger partial charge in [0.25, 0.3) is 0 Å². The number of carbonyl (C=O) groups excluding carboxylic acids is 1. The van der Waals surface area contributed by atoms with Gasteiger partial charge in [-0.2, -0.15) is 0 Å². The van der Waals surface area contributed by atoms with Crippen molar-refractivity contribution in [1.29, 1.82) is 0 Å². The Balaban J connectivity index is 1.71. The summed E-state index contributed by atoms with van der Waals surface area (Å²) in [6.45, 7) is 3.44. The summed E-state index contributed by atoms with van der Waals surface area (Å²) in [5, 5.41) is 72.4. The average Bonchev–Trinajstić information content (AvgIpc) is 3.41. The molecule has 11 unspecified atom stereocenters. The van der Waals surface area contributed by atoms with Crippen molar-refractivity contribution < 1.29 is 69.0 Å². The quantitative estimate of drug-likeness (QED) is 0.0172. The number of aliphatic hydroxyl groups is 7. The third-order valence-electron chi connectivity index (χ3n) is 13.4. The molecule has 14 nitrogen and oxygen atoms in total. The molecule has 0 aromatic rings. The van der Waals surface area contributed by atoms with Crippen LogP contribution in [-0.2, 0) is 33.2 Å². The Labute approximate surface area is 452 Å². The van der Waals surface area contributed by atoms with Crippen molar-refractivity contribution in [3.05, 3.63) is 85.1 Å². The molecule has 7 N–H and O–H groups in total. The van der Waals surface area contributed by atoms with Crippen LogP contribution in [0.4, 0.5) is 0 Å². The van der Waals surface area contributed by atoms with Gasteiger partial charge in [0.05, 0.1) is 26.4 Å². The van der Waals surface area contributed by atoms with Gasteiger partial charge in [-0.05, 0) is 83.5 Å². The summed E-state index contributed by atoms with van der Waals surface area (Å²) in [5.74, 6) is -0.389. The molecular weight excluding hydrogens is 957 g/mol. The fraction of sp³-hybridized carbons (Fsp3) is 0.754. The first kappa shape index (κ1) is 68.3. The molecule has 0 bridgehead atoms. The van der Waals surface area contributed by atoms with E-state index in [0.29, 0.717) is 13.0 Å². The van der Waals surface area contributed by atoms with Gasteiger partial charge in [0.2, 0.25) is 0 Å². The smallest absolute Gasteiger partial charge is 0.306 e. The maximum Gasteiger partial charge on any atom is 0.306 e. The molecule has 0 spiro atoms. The Bertz CT molecular complexity index is 1560. The summed E-state index contributed by atoms with van der Waals surface area (Å²) in [6.07, 6.45) is 45.0. The summed E-state index contributed by atoms with van der Waals surface area (Å²) in [4.78, 5) is 13.1. The number of allylic oxidation sites excluding steroid dienone is 14. The normalized spacial score (nSPS) is 25.2. The van der Waals surface area contributed by atoms with Gasteiger partial charge in [0.15, 0.2) is 12.6 Å². The zero-order valence-electron chi connectivity index (χ0n) is 46.3. The molecule has 75 heavy (non-hydrogen) atoms. The average molecular weight is 1060 g/mol. The van der Waals surface area contributed by atoms with E-state index < -0.39 is 80.7 Å². The standard InChI is InChI=1S/C61H104O14/c1-3-5-7-9-11-13-15-17-19-21-22-23-24-25-26-27-29-31-33-35-37-39-41-43-45-70-47-50(73-53(63)44-42-40-38-36-34-32-30-28-20-18-16-14-12-10-8-6-4-2)48-71-60-59(69)57(67)55(65)52(75-60)49-72-61-58(68)56(66)54(64)51(46-62)74-61/h5-8,11-14,17-20,22-23,50-52,54-62,64-69H,3-4,9-10,15-16,21,24-49H2,1-2H3/b7-5-,8-6-,13-11-,14-12-,19-17-,20-18-,23-22-. The molecule has 0 aromatic carbocycles. The Morgan fingerprint density at radius 2 is 0.827 bits per heavy atom. The van der Waals surface area contributed by atoms with Crippen molar-refractivity contribution in [2.45, 2.75) is 261 Å². The molecule has 2 aliphatic rings. The lowest BCUT2D eigenvalue weighted by Crippen LogP contribution is -2.61. The molecular formula is C61H104O14. The number of hydrogen-bond acceptors (Lipinski definition) is 14. The zero-order valence-corrected chi connectivity index (χ0v) is 46.3. The second kappa shape index (κ2) is 47.2. The molecule has 2 aliphatic heterocycles. The van der Waals surface area contributed by atoms with E-state index in [0.717, 1.165) is 103 Å². The monoisotopic (exact) mass is 1060 g/mol. The van der Waals surface area contributed by atoms with E-state index in [-0.39, 0.29) is 25.6 Å². The molecule has 14 heteroatoms. The third-order valence-corrected chi connectivity index (χ3v) is 13.4. The van der Waals surface area contributed by atoms with Crippen LogP contribution in [0.3, 0.4) is 0 Å². The largest absolute Gasteiger partial charge is 0.457 e. The number of unbranched alkanes of at least 4 members (excludes halogenated alkanes) is 18. The van der Waals surface area contributed by atoms with E-state index >= 15 is 0 Å². The second-order valence-electron chi connectivity index (χ2n) is 20.1. The minimum Gasteiger partial charge on any atom is -0.457 e. The lowest BCUT2D eigenvalue weighted by atomic mass is 9.98. The van der Waals surface area contributed by atoms with Gasteiger partial charge in [-0.1, -0.05) is 189 Å². The summed E-state index contributed by atoms with van der Waals surface area (Å²) in [5.41, 5.74) is 0. The predicted octanol–water partition coefficient (Wildman–Crippen LogP) is 10.4. The number of aliphatic hydroxyl groups excluding tert-OH is 7. The van der Waals surface area contributed by atoms with Crippen LogP contribution in [0, 0.1) is 0 Å². The minimum absolute atomic E-state index is 0.0510. The fourth-order valence-electron chi connectivity index (χ4n) is 8.76. The van der Waals surface area contributed by atoms with Crippen LogP contribution < -0.4 is 0 Å². The summed E-state index contributed by atoms with van der Waals surface area (Å²) in [6, 6.07) is 0. The lowest BCUT2D eigenvalue weighted by molar-refractivity contribution is -0.332. The Morgan fingerprint density at radius 3 is 1.29 bits per heavy atom. The fourth-order valence-corrected chi connectivity index (χ4v) is 8.76. The molecule has 0 radical (unpaired) electrons. The van der Waals surface area contributed by atoms with E-state index in [4.69, 9.17) is 28.4 Å². The lowest BCUT2D eigenvalue weighted by Gasteiger charge is -2.42. The van der Waals surface area contributed by atoms with Crippen molar-refractivity contribution in [3.8, 4) is 0 Å². The molecule has 0 amide bonds. The number of esters is 1. The summed E-state index contributed by atoms with van der Waals surface area (Å²) < 4.78 is 34.4. The summed E-state index contributed by atoms with van der Waals surface area (Å²) >= 11 is 0. The van der Waals surface area contributed by atoms with Gasteiger partial charge in [0, 0.05) is 13.0 Å². The van der Waals surface area contributed by atoms with Crippen LogP contribution >= 0.6 is 0 Å². The van der Waals surface area contributed by atoms with Gasteiger partial charge < -0.3 is 64.2 Å². The van der Waals surface area contributed by atoms with Crippen LogP contribution in [0.5, 0.6) is 0 Å². The van der Waals surface area contributed by atoms with Crippen LogP contribution in [0.25, 0.3) is 0 Å². The van der Waals surface area contributed by atoms with E-state index in [2.05, 4.69) is 98.9 Å². The van der Waals surface area contributed by atoms with Crippen molar-refractivity contribution in [1.82, 2.24) is 0 Å². The van der Waals surface area contributed by atoms with Crippen LogP contribution in [-0.4, -0.2) is 142 Å². The molecule has 2 fully saturated rings. The van der Waals surface area contributed by atoms with Gasteiger partial charge in [0.1, 0.15) is 54.9 Å². The van der Waals surface area contributed by atoms with Crippen molar-refractivity contribution in [2.75, 3.05) is 33.0 Å². The zero-order chi connectivity index (χ0) is 54.4. The van der Waals surface area contributed by atoms with Crippen molar-refractivity contribution in [3.63, 3.8) is 0 Å². The highest BCUT2D eigenvalue weighted by atomic mass is 16.7. The summed E-state index contributed by atoms with van der Waals surface area (Å²) in [7, 11) is 0. The molecule has 2 rings (SSSR count). The highest BCUT2D eigenvalue weighted by molar-refractivity contribution is 5.69. The van der Waals surface area contributed by atoms with E-state index in [1.54, 1.807) is 0 Å². The van der Waals surface area contributed by atoms with E-state index in [1.165, 1.54) is 64.2 Å². The molecule has 0 saturated carbocycles. The molecule has 11 atom stereocenters. The molecule has 0 aromatic heterocycles. The van der Waals surface area contributed by atoms with E-state index in [9.17, 15) is 40.5 Å². The van der Waals surface area contributed by atoms with Crippen LogP contribution in [0.1, 0.15) is 194 Å². The van der Waals surface area contributed by atoms with Crippen molar-refractivity contribution >= 4 is 5.97 Å². The maximum atomic E-state index is 13.1. The highest BCUT2D eigenvalue weighted by Gasteiger charge is 2.47. The first-order valence-corrected chi connectivity index (χ1v) is 29.2. The molecule has 2 heterocycles. The maximum absolute atomic E-state index is 13.1. The molecule has 432 valence electrons. The topological polar surface area (TPSA) is 214 Å². The van der Waals surface area contributed by atoms with Gasteiger partial charge in [-0.25, -0.2) is 0 Å².